The largest absolute Gasteiger partial charge is 0.496 e. The number of aromatic nitrogens is 2. The maximum atomic E-state index is 14.4. The van der Waals surface area contributed by atoms with E-state index in [2.05, 4.69) is 14.9 Å². The number of nitrogens with zero attached hydrogens (tertiary/aromatic N) is 3. The molecule has 0 amide bonds. The summed E-state index contributed by atoms with van der Waals surface area (Å²) >= 11 is 0. The highest BCUT2D eigenvalue weighted by Gasteiger charge is 2.23. The average molecular weight is 424 g/mol. The van der Waals surface area contributed by atoms with Gasteiger partial charge in [0.2, 0.25) is 0 Å². The lowest BCUT2D eigenvalue weighted by Crippen LogP contribution is -2.27. The number of methoxy groups -OCH3 is 1. The quantitative estimate of drug-likeness (QED) is 0.611. The van der Waals surface area contributed by atoms with E-state index >= 15 is 0 Å². The van der Waals surface area contributed by atoms with E-state index in [1.54, 1.807) is 12.1 Å². The van der Waals surface area contributed by atoms with Gasteiger partial charge in [-0.05, 0) is 48.4 Å². The fourth-order valence-corrected chi connectivity index (χ4v) is 3.80. The highest BCUT2D eigenvalue weighted by atomic mass is 19.1. The number of rotatable bonds is 6. The topological polar surface area (TPSA) is 81.3 Å². The van der Waals surface area contributed by atoms with Gasteiger partial charge in [-0.15, -0.1) is 0 Å². The fraction of sp³-hybridized carbons (Fsp3) is 0.261. The molecule has 1 aliphatic rings. The van der Waals surface area contributed by atoms with E-state index < -0.39 is 11.6 Å². The number of benzene rings is 2. The molecule has 31 heavy (non-hydrogen) atoms. The Hall–Kier alpha value is -3.39. The third kappa shape index (κ3) is 4.39. The summed E-state index contributed by atoms with van der Waals surface area (Å²) in [6.07, 6.45) is 2.18. The van der Waals surface area contributed by atoms with Crippen molar-refractivity contribution >= 4 is 11.5 Å². The Morgan fingerprint density at radius 1 is 1.26 bits per heavy atom. The molecule has 2 N–H and O–H groups in total. The first kappa shape index (κ1) is 20.9. The van der Waals surface area contributed by atoms with Crippen LogP contribution in [0.2, 0.25) is 0 Å². The summed E-state index contributed by atoms with van der Waals surface area (Å²) in [5.41, 5.74) is 7.54. The molecule has 1 saturated heterocycles. The monoisotopic (exact) mass is 424 g/mol. The van der Waals surface area contributed by atoms with Gasteiger partial charge in [0.15, 0.2) is 11.6 Å². The molecule has 160 valence electrons. The van der Waals surface area contributed by atoms with Gasteiger partial charge in [0.1, 0.15) is 23.1 Å². The maximum absolute atomic E-state index is 14.4. The lowest BCUT2D eigenvalue weighted by molar-refractivity contribution is 0.0988. The number of Topliss-reactive ketones (excluding diaryl/α,β-unsaturated/α-hetero) is 1. The van der Waals surface area contributed by atoms with E-state index in [4.69, 9.17) is 10.5 Å². The van der Waals surface area contributed by atoms with E-state index in [9.17, 15) is 13.6 Å². The predicted molar refractivity (Wildman–Crippen MR) is 113 cm³/mol. The number of hydrogen-bond acceptors (Lipinski definition) is 6. The number of carbonyl (C=O) groups excluding carboxylic acids is 1. The molecule has 0 saturated carbocycles. The minimum Gasteiger partial charge on any atom is -0.496 e. The molecule has 6 nitrogen and oxygen atoms in total. The Morgan fingerprint density at radius 3 is 2.84 bits per heavy atom. The molecule has 0 bridgehead atoms. The van der Waals surface area contributed by atoms with Crippen LogP contribution in [-0.4, -0.2) is 42.0 Å². The zero-order valence-electron chi connectivity index (χ0n) is 17.0. The van der Waals surface area contributed by atoms with Crippen molar-refractivity contribution in [1.82, 2.24) is 9.97 Å². The van der Waals surface area contributed by atoms with Crippen LogP contribution in [0.25, 0.3) is 11.4 Å². The van der Waals surface area contributed by atoms with Crippen molar-refractivity contribution in [3.8, 4) is 17.1 Å². The number of anilines is 1. The van der Waals surface area contributed by atoms with Crippen molar-refractivity contribution in [3.63, 3.8) is 0 Å². The molecular weight excluding hydrogens is 402 g/mol. The highest BCUT2D eigenvalue weighted by Crippen LogP contribution is 2.30. The van der Waals surface area contributed by atoms with Gasteiger partial charge in [0, 0.05) is 37.4 Å². The zero-order chi connectivity index (χ0) is 22.0. The van der Waals surface area contributed by atoms with Crippen LogP contribution >= 0.6 is 0 Å². The molecule has 1 atom stereocenters. The summed E-state index contributed by atoms with van der Waals surface area (Å²) in [6, 6.07) is 10.3. The average Bonchev–Trinajstić information content (AvgIpc) is 3.19. The SMILES string of the molecule is COc1cccc(F)c1-c1nccc(C(=O)Cc2cc(F)ccc2N2CC[C@H](N)C2)n1. The van der Waals surface area contributed by atoms with E-state index in [1.165, 1.54) is 43.6 Å². The van der Waals surface area contributed by atoms with E-state index in [-0.39, 0.29) is 41.1 Å². The molecule has 1 aromatic heterocycles. The van der Waals surface area contributed by atoms with E-state index in [1.807, 2.05) is 0 Å². The predicted octanol–water partition coefficient (Wildman–Crippen LogP) is 3.39. The van der Waals surface area contributed by atoms with E-state index in [0.717, 1.165) is 18.7 Å². The first-order chi connectivity index (χ1) is 15.0. The lowest BCUT2D eigenvalue weighted by Gasteiger charge is -2.21. The molecule has 0 spiro atoms. The van der Waals surface area contributed by atoms with Crippen LogP contribution in [0.4, 0.5) is 14.5 Å². The number of nitrogens with two attached hydrogens (primary N) is 1. The minimum atomic E-state index is -0.554. The Kier molecular flexibility index (Phi) is 5.90. The van der Waals surface area contributed by atoms with Crippen LogP contribution in [0, 0.1) is 11.6 Å². The summed E-state index contributed by atoms with van der Waals surface area (Å²) in [6.45, 7) is 1.40. The lowest BCUT2D eigenvalue weighted by atomic mass is 10.0. The summed E-state index contributed by atoms with van der Waals surface area (Å²) in [5.74, 6) is -0.987. The molecule has 4 rings (SSSR count). The van der Waals surface area contributed by atoms with E-state index in [0.29, 0.717) is 12.1 Å². The van der Waals surface area contributed by atoms with Crippen molar-refractivity contribution in [3.05, 3.63) is 71.6 Å². The third-order valence-corrected chi connectivity index (χ3v) is 5.32. The van der Waals surface area contributed by atoms with Crippen LogP contribution < -0.4 is 15.4 Å². The summed E-state index contributed by atoms with van der Waals surface area (Å²) in [4.78, 5) is 23.4. The van der Waals surface area contributed by atoms with Crippen LogP contribution in [0.3, 0.4) is 0 Å². The molecular formula is C23H22F2N4O2. The molecule has 1 fully saturated rings. The van der Waals surface area contributed by atoms with Gasteiger partial charge in [0.05, 0.1) is 12.7 Å². The van der Waals surface area contributed by atoms with Gasteiger partial charge in [0.25, 0.3) is 0 Å². The molecule has 2 heterocycles. The number of halogens is 2. The number of hydrogen-bond donors (Lipinski definition) is 1. The van der Waals surface area contributed by atoms with Gasteiger partial charge in [-0.25, -0.2) is 18.7 Å². The Morgan fingerprint density at radius 2 is 2.10 bits per heavy atom. The first-order valence-corrected chi connectivity index (χ1v) is 9.94. The molecule has 2 aromatic carbocycles. The normalized spacial score (nSPS) is 15.9. The Labute approximate surface area is 178 Å². The minimum absolute atomic E-state index is 0.0470. The van der Waals surface area contributed by atoms with Crippen LogP contribution in [0.15, 0.2) is 48.7 Å². The van der Waals surface area contributed by atoms with Crippen molar-refractivity contribution in [2.75, 3.05) is 25.1 Å². The highest BCUT2D eigenvalue weighted by molar-refractivity contribution is 5.97. The van der Waals surface area contributed by atoms with Gasteiger partial charge < -0.3 is 15.4 Å². The summed E-state index contributed by atoms with van der Waals surface area (Å²) in [7, 11) is 1.42. The molecule has 0 radical (unpaired) electrons. The molecule has 0 aliphatic carbocycles. The molecule has 0 unspecified atom stereocenters. The van der Waals surface area contributed by atoms with Gasteiger partial charge >= 0.3 is 0 Å². The number of ketones is 1. The number of carbonyl (C=O) groups is 1. The van der Waals surface area contributed by atoms with Gasteiger partial charge in [-0.2, -0.15) is 0 Å². The smallest absolute Gasteiger partial charge is 0.185 e. The van der Waals surface area contributed by atoms with Crippen LogP contribution in [0.1, 0.15) is 22.5 Å². The summed E-state index contributed by atoms with van der Waals surface area (Å²) in [5, 5.41) is 0. The second-order valence-electron chi connectivity index (χ2n) is 7.45. The van der Waals surface area contributed by atoms with Crippen molar-refractivity contribution in [2.24, 2.45) is 5.73 Å². The fourth-order valence-electron chi connectivity index (χ4n) is 3.80. The van der Waals surface area contributed by atoms with Gasteiger partial charge in [-0.1, -0.05) is 6.07 Å². The van der Waals surface area contributed by atoms with Crippen molar-refractivity contribution < 1.29 is 18.3 Å². The van der Waals surface area contributed by atoms with Crippen molar-refractivity contribution in [1.29, 1.82) is 0 Å². The zero-order valence-corrected chi connectivity index (χ0v) is 17.0. The Balaban J connectivity index is 1.64. The van der Waals surface area contributed by atoms with Crippen LogP contribution in [0.5, 0.6) is 5.75 Å². The number of ether oxygens (including phenoxy) is 1. The molecule has 8 heteroatoms. The molecule has 1 aliphatic heterocycles. The second kappa shape index (κ2) is 8.77. The third-order valence-electron chi connectivity index (χ3n) is 5.32. The standard InChI is InChI=1S/C23H22F2N4O2/c1-31-21-4-2-3-17(25)22(21)23-27-9-7-18(28-23)20(30)12-14-11-15(24)5-6-19(14)29-10-8-16(26)13-29/h2-7,9,11,16H,8,10,12-13,26H2,1H3/t16-/m0/s1. The second-order valence-corrected chi connectivity index (χ2v) is 7.45. The first-order valence-electron chi connectivity index (χ1n) is 9.94. The Bertz CT molecular complexity index is 1120. The van der Waals surface area contributed by atoms with Crippen LogP contribution in [-0.2, 0) is 6.42 Å². The summed E-state index contributed by atoms with van der Waals surface area (Å²) < 4.78 is 33.6. The molecule has 3 aromatic rings. The maximum Gasteiger partial charge on any atom is 0.185 e. The van der Waals surface area contributed by atoms with Crippen molar-refractivity contribution in [2.45, 2.75) is 18.9 Å². The van der Waals surface area contributed by atoms with Gasteiger partial charge in [-0.3, -0.25) is 4.79 Å².